The summed E-state index contributed by atoms with van der Waals surface area (Å²) in [5, 5.41) is 9.78. The second-order valence-electron chi connectivity index (χ2n) is 7.54. The molecule has 8 heteroatoms. The van der Waals surface area contributed by atoms with E-state index in [0.29, 0.717) is 5.75 Å². The zero-order valence-corrected chi connectivity index (χ0v) is 18.2. The molecule has 156 valence electrons. The summed E-state index contributed by atoms with van der Waals surface area (Å²) < 4.78 is 5.31. The number of methoxy groups -OCH3 is 1. The van der Waals surface area contributed by atoms with E-state index in [-0.39, 0.29) is 0 Å². The Kier molecular flexibility index (Phi) is 4.26. The molecule has 7 nitrogen and oxygen atoms in total. The van der Waals surface area contributed by atoms with Gasteiger partial charge in [0.15, 0.2) is 0 Å². The van der Waals surface area contributed by atoms with Crippen LogP contribution in [-0.4, -0.2) is 37.2 Å². The van der Waals surface area contributed by atoms with Crippen molar-refractivity contribution >= 4 is 33.1 Å². The molecule has 2 N–H and O–H groups in total. The lowest BCUT2D eigenvalue weighted by Crippen LogP contribution is -1.88. The summed E-state index contributed by atoms with van der Waals surface area (Å²) in [4.78, 5) is 19.2. The van der Waals surface area contributed by atoms with Crippen LogP contribution >= 0.6 is 11.3 Å². The number of fused-ring (bicyclic) bond motifs is 2. The van der Waals surface area contributed by atoms with Gasteiger partial charge in [0.2, 0.25) is 0 Å². The second-order valence-corrected chi connectivity index (χ2v) is 8.83. The van der Waals surface area contributed by atoms with Crippen LogP contribution in [0, 0.1) is 6.92 Å². The number of thiophene rings is 1. The Bertz CT molecular complexity index is 1600. The summed E-state index contributed by atoms with van der Waals surface area (Å²) in [6.45, 7) is 2.11. The molecule has 32 heavy (non-hydrogen) atoms. The molecule has 0 spiro atoms. The van der Waals surface area contributed by atoms with Crippen molar-refractivity contribution < 1.29 is 4.74 Å². The number of aromatic amines is 2. The largest absolute Gasteiger partial charge is 0.495 e. The lowest BCUT2D eigenvalue weighted by molar-refractivity contribution is 0.413. The van der Waals surface area contributed by atoms with Gasteiger partial charge in [0.25, 0.3) is 0 Å². The SMILES string of the molecule is COc1cncc(-c2cc3c(-c4cc5c(-c6ccc(C)s6)cncc5[nH]4)n[nH]c3cn2)c1. The maximum absolute atomic E-state index is 5.31. The van der Waals surface area contributed by atoms with E-state index in [2.05, 4.69) is 55.3 Å². The summed E-state index contributed by atoms with van der Waals surface area (Å²) in [5.74, 6) is 0.691. The van der Waals surface area contributed by atoms with Crippen LogP contribution in [0.3, 0.4) is 0 Å². The average molecular weight is 439 g/mol. The first-order valence-corrected chi connectivity index (χ1v) is 10.9. The number of hydrogen-bond acceptors (Lipinski definition) is 6. The molecule has 0 aromatic carbocycles. The molecule has 0 radical (unpaired) electrons. The van der Waals surface area contributed by atoms with Gasteiger partial charge in [-0.05, 0) is 37.3 Å². The van der Waals surface area contributed by atoms with Gasteiger partial charge >= 0.3 is 0 Å². The van der Waals surface area contributed by atoms with E-state index in [9.17, 15) is 0 Å². The molecule has 0 aliphatic carbocycles. The Labute approximate surface area is 187 Å². The number of H-pyrrole nitrogens is 2. The highest BCUT2D eigenvalue weighted by Crippen LogP contribution is 2.36. The molecule has 6 rings (SSSR count). The number of rotatable bonds is 4. The van der Waals surface area contributed by atoms with Crippen molar-refractivity contribution in [2.45, 2.75) is 6.92 Å². The molecule has 0 saturated heterocycles. The van der Waals surface area contributed by atoms with E-state index in [1.54, 1.807) is 37.0 Å². The second kappa shape index (κ2) is 7.28. The Morgan fingerprint density at radius 2 is 1.81 bits per heavy atom. The fraction of sp³-hybridized carbons (Fsp3) is 0.0833. The number of hydrogen-bond donors (Lipinski definition) is 2. The Morgan fingerprint density at radius 1 is 0.906 bits per heavy atom. The minimum absolute atomic E-state index is 0.691. The topological polar surface area (TPSA) is 92.4 Å². The van der Waals surface area contributed by atoms with Gasteiger partial charge in [0.05, 0.1) is 48.1 Å². The number of aryl methyl sites for hydroxylation is 1. The summed E-state index contributed by atoms with van der Waals surface area (Å²) >= 11 is 1.77. The van der Waals surface area contributed by atoms with Crippen LogP contribution < -0.4 is 4.74 Å². The zero-order chi connectivity index (χ0) is 21.7. The third kappa shape index (κ3) is 3.04. The molecular weight excluding hydrogens is 420 g/mol. The predicted molar refractivity (Wildman–Crippen MR) is 127 cm³/mol. The average Bonchev–Trinajstić information content (AvgIpc) is 3.55. The molecule has 0 unspecified atom stereocenters. The molecule has 6 aromatic rings. The van der Waals surface area contributed by atoms with E-state index in [0.717, 1.165) is 50.0 Å². The lowest BCUT2D eigenvalue weighted by Gasteiger charge is -2.04. The van der Waals surface area contributed by atoms with Gasteiger partial charge in [0, 0.05) is 44.0 Å². The predicted octanol–water partition coefficient (Wildman–Crippen LogP) is 5.61. The molecule has 6 heterocycles. The minimum Gasteiger partial charge on any atom is -0.495 e. The van der Waals surface area contributed by atoms with Crippen molar-refractivity contribution in [1.82, 2.24) is 30.1 Å². The number of nitrogens with zero attached hydrogens (tertiary/aromatic N) is 4. The van der Waals surface area contributed by atoms with Crippen molar-refractivity contribution in [3.05, 3.63) is 66.2 Å². The number of nitrogens with one attached hydrogen (secondary N) is 2. The summed E-state index contributed by atoms with van der Waals surface area (Å²) in [7, 11) is 1.63. The van der Waals surface area contributed by atoms with Gasteiger partial charge in [-0.15, -0.1) is 11.3 Å². The standard InChI is InChI=1S/C24H18N6OS/c1-13-3-4-23(32-13)18-10-26-11-21-16(18)6-20(28-21)24-17-7-19(27-12-22(17)29-30-24)14-5-15(31-2)9-25-8-14/h3-12,28H,1-2H3,(H,29,30). The van der Waals surface area contributed by atoms with Gasteiger partial charge in [-0.25, -0.2) is 0 Å². The Balaban J connectivity index is 1.49. The molecule has 0 fully saturated rings. The maximum Gasteiger partial charge on any atom is 0.137 e. The van der Waals surface area contributed by atoms with Crippen LogP contribution in [0.5, 0.6) is 5.75 Å². The maximum atomic E-state index is 5.31. The van der Waals surface area contributed by atoms with Gasteiger partial charge in [-0.3, -0.25) is 20.1 Å². The first kappa shape index (κ1) is 18.7. The number of pyridine rings is 3. The monoisotopic (exact) mass is 438 g/mol. The van der Waals surface area contributed by atoms with Crippen LogP contribution in [0.2, 0.25) is 0 Å². The number of aromatic nitrogens is 6. The van der Waals surface area contributed by atoms with Crippen LogP contribution in [0.15, 0.2) is 61.3 Å². The van der Waals surface area contributed by atoms with E-state index < -0.39 is 0 Å². The van der Waals surface area contributed by atoms with Gasteiger partial charge in [-0.1, -0.05) is 0 Å². The summed E-state index contributed by atoms with van der Waals surface area (Å²) in [6.07, 6.45) is 9.03. The van der Waals surface area contributed by atoms with Crippen LogP contribution in [0.1, 0.15) is 4.88 Å². The number of ether oxygens (including phenoxy) is 1. The first-order valence-electron chi connectivity index (χ1n) is 10.1. The molecule has 0 bridgehead atoms. The van der Waals surface area contributed by atoms with Crippen molar-refractivity contribution in [2.75, 3.05) is 7.11 Å². The quantitative estimate of drug-likeness (QED) is 0.373. The molecule has 0 aliphatic rings. The van der Waals surface area contributed by atoms with Crippen molar-refractivity contribution in [3.63, 3.8) is 0 Å². The van der Waals surface area contributed by atoms with E-state index in [1.807, 2.05) is 24.5 Å². The van der Waals surface area contributed by atoms with E-state index in [4.69, 9.17) is 4.74 Å². The van der Waals surface area contributed by atoms with Gasteiger partial charge in [-0.2, -0.15) is 5.10 Å². The highest BCUT2D eigenvalue weighted by atomic mass is 32.1. The molecule has 0 amide bonds. The third-order valence-electron chi connectivity index (χ3n) is 5.50. The summed E-state index contributed by atoms with van der Waals surface area (Å²) in [6, 6.07) is 10.4. The fourth-order valence-corrected chi connectivity index (χ4v) is 4.80. The third-order valence-corrected chi connectivity index (χ3v) is 6.53. The molecule has 0 saturated carbocycles. The van der Waals surface area contributed by atoms with Crippen LogP contribution in [0.25, 0.3) is 54.9 Å². The van der Waals surface area contributed by atoms with Crippen LogP contribution in [-0.2, 0) is 0 Å². The van der Waals surface area contributed by atoms with Crippen LogP contribution in [0.4, 0.5) is 0 Å². The lowest BCUT2D eigenvalue weighted by atomic mass is 10.1. The van der Waals surface area contributed by atoms with Gasteiger partial charge in [0.1, 0.15) is 11.4 Å². The van der Waals surface area contributed by atoms with Crippen molar-refractivity contribution in [3.8, 4) is 38.8 Å². The highest BCUT2D eigenvalue weighted by molar-refractivity contribution is 7.15. The minimum atomic E-state index is 0.691. The fourth-order valence-electron chi connectivity index (χ4n) is 3.90. The van der Waals surface area contributed by atoms with Crippen molar-refractivity contribution in [1.29, 1.82) is 0 Å². The first-order chi connectivity index (χ1) is 15.7. The van der Waals surface area contributed by atoms with E-state index >= 15 is 0 Å². The zero-order valence-electron chi connectivity index (χ0n) is 17.4. The normalized spacial score (nSPS) is 11.4. The Morgan fingerprint density at radius 3 is 2.66 bits per heavy atom. The molecule has 0 atom stereocenters. The van der Waals surface area contributed by atoms with Crippen molar-refractivity contribution in [2.24, 2.45) is 0 Å². The smallest absolute Gasteiger partial charge is 0.137 e. The van der Waals surface area contributed by atoms with Gasteiger partial charge < -0.3 is 9.72 Å². The Hall–Kier alpha value is -4.04. The van der Waals surface area contributed by atoms with E-state index in [1.165, 1.54) is 9.75 Å². The summed E-state index contributed by atoms with van der Waals surface area (Å²) in [5.41, 5.74) is 6.41. The highest BCUT2D eigenvalue weighted by Gasteiger charge is 2.16. The molecule has 6 aromatic heterocycles. The molecular formula is C24H18N6OS. The molecule has 0 aliphatic heterocycles.